The highest BCUT2D eigenvalue weighted by Gasteiger charge is 2.34. The first-order chi connectivity index (χ1) is 13.6. The Morgan fingerprint density at radius 1 is 1.14 bits per heavy atom. The summed E-state index contributed by atoms with van der Waals surface area (Å²) < 4.78 is 12.7. The van der Waals surface area contributed by atoms with Crippen molar-refractivity contribution in [1.29, 1.82) is 0 Å². The molecular formula is C19H23N3O4S2. The third kappa shape index (κ3) is 3.53. The summed E-state index contributed by atoms with van der Waals surface area (Å²) in [5.41, 5.74) is 1.27. The number of benzene rings is 1. The first kappa shape index (κ1) is 19.3. The molecule has 2 N–H and O–H groups in total. The van der Waals surface area contributed by atoms with Crippen LogP contribution < -0.4 is 20.3 Å². The van der Waals surface area contributed by atoms with Gasteiger partial charge in [0.05, 0.1) is 36.8 Å². The Bertz CT molecular complexity index is 934. The maximum atomic E-state index is 13.0. The maximum Gasteiger partial charge on any atom is 0.270 e. The minimum atomic E-state index is -0.308. The number of hydrogen-bond acceptors (Lipinski definition) is 6. The highest BCUT2D eigenvalue weighted by atomic mass is 32.2. The number of hydrogen-bond donors (Lipinski definition) is 2. The monoisotopic (exact) mass is 421 g/mol. The zero-order valence-corrected chi connectivity index (χ0v) is 17.5. The van der Waals surface area contributed by atoms with E-state index in [2.05, 4.69) is 10.4 Å². The summed E-state index contributed by atoms with van der Waals surface area (Å²) >= 11 is 3.36. The minimum absolute atomic E-state index is 0.0980. The van der Waals surface area contributed by atoms with Gasteiger partial charge in [-0.2, -0.15) is 11.8 Å². The summed E-state index contributed by atoms with van der Waals surface area (Å²) in [6, 6.07) is 5.75. The number of nitrogens with one attached hydrogen (secondary N) is 2. The van der Waals surface area contributed by atoms with Crippen LogP contribution in [0.4, 0.5) is 5.82 Å². The maximum absolute atomic E-state index is 13.0. The quantitative estimate of drug-likeness (QED) is 0.789. The Morgan fingerprint density at radius 2 is 1.93 bits per heavy atom. The van der Waals surface area contributed by atoms with Crippen LogP contribution in [0.3, 0.4) is 0 Å². The average molecular weight is 422 g/mol. The number of nitrogens with zero attached hydrogens (tertiary/aromatic N) is 1. The summed E-state index contributed by atoms with van der Waals surface area (Å²) in [4.78, 5) is 25.4. The number of H-pyrrole nitrogens is 1. The topological polar surface area (TPSA) is 85.4 Å². The number of methoxy groups -OCH3 is 2. The molecule has 7 nitrogen and oxygen atoms in total. The predicted octanol–water partition coefficient (Wildman–Crippen LogP) is 3.04. The van der Waals surface area contributed by atoms with Crippen LogP contribution in [0.15, 0.2) is 23.0 Å². The van der Waals surface area contributed by atoms with E-state index in [4.69, 9.17) is 9.47 Å². The van der Waals surface area contributed by atoms with Crippen molar-refractivity contribution in [2.45, 2.75) is 24.1 Å². The van der Waals surface area contributed by atoms with E-state index in [-0.39, 0.29) is 28.5 Å². The third-order valence-corrected chi connectivity index (χ3v) is 7.44. The van der Waals surface area contributed by atoms with E-state index >= 15 is 0 Å². The van der Waals surface area contributed by atoms with E-state index in [1.165, 1.54) is 11.8 Å². The Labute approximate surface area is 171 Å². The van der Waals surface area contributed by atoms with Gasteiger partial charge in [-0.15, -0.1) is 11.8 Å². The second-order valence-corrected chi connectivity index (χ2v) is 9.08. The number of anilines is 1. The fourth-order valence-corrected chi connectivity index (χ4v) is 5.97. The Hall–Kier alpha value is -2.00. The highest BCUT2D eigenvalue weighted by Crippen LogP contribution is 2.45. The molecule has 1 atom stereocenters. The van der Waals surface area contributed by atoms with Crippen LogP contribution >= 0.6 is 23.5 Å². The van der Waals surface area contributed by atoms with E-state index in [1.54, 1.807) is 20.3 Å². The second-order valence-electron chi connectivity index (χ2n) is 6.76. The molecular weight excluding hydrogens is 398 g/mol. The number of thioether (sulfide) groups is 2. The Morgan fingerprint density at radius 3 is 2.64 bits per heavy atom. The van der Waals surface area contributed by atoms with Crippen molar-refractivity contribution in [3.8, 4) is 11.5 Å². The lowest BCUT2D eigenvalue weighted by Crippen LogP contribution is -2.22. The molecule has 2 aliphatic rings. The smallest absolute Gasteiger partial charge is 0.270 e. The van der Waals surface area contributed by atoms with Crippen molar-refractivity contribution in [2.24, 2.45) is 0 Å². The van der Waals surface area contributed by atoms with E-state index in [1.807, 2.05) is 28.6 Å². The molecule has 1 amide bonds. The highest BCUT2D eigenvalue weighted by molar-refractivity contribution is 8.00. The van der Waals surface area contributed by atoms with Gasteiger partial charge >= 0.3 is 0 Å². The molecule has 28 heavy (non-hydrogen) atoms. The fourth-order valence-electron chi connectivity index (χ4n) is 3.74. The van der Waals surface area contributed by atoms with Crippen LogP contribution in [0.1, 0.15) is 35.3 Å². The van der Waals surface area contributed by atoms with E-state index < -0.39 is 0 Å². The lowest BCUT2D eigenvalue weighted by molar-refractivity contribution is -0.113. The normalized spacial score (nSPS) is 20.2. The number of aromatic nitrogens is 2. The van der Waals surface area contributed by atoms with Crippen LogP contribution in [-0.2, 0) is 4.79 Å². The Balaban J connectivity index is 1.83. The molecule has 2 aliphatic heterocycles. The molecule has 1 fully saturated rings. The van der Waals surface area contributed by atoms with Crippen LogP contribution in [0.25, 0.3) is 0 Å². The number of amides is 1. The Kier molecular flexibility index (Phi) is 5.63. The zero-order valence-electron chi connectivity index (χ0n) is 15.8. The number of fused-ring (bicyclic) bond motifs is 1. The van der Waals surface area contributed by atoms with Crippen LogP contribution in [0.5, 0.6) is 11.5 Å². The number of rotatable bonds is 4. The fraction of sp³-hybridized carbons (Fsp3) is 0.474. The van der Waals surface area contributed by atoms with Gasteiger partial charge in [-0.1, -0.05) is 6.07 Å². The molecule has 0 bridgehead atoms. The first-order valence-electron chi connectivity index (χ1n) is 9.18. The molecule has 9 heteroatoms. The SMILES string of the molecule is COc1ccc([C@@H]2SCC(=O)Nc3c2c(=O)[nH]n3C2CCSCC2)c(OC)c1. The number of ether oxygens (including phenoxy) is 2. The molecule has 1 aromatic heterocycles. The summed E-state index contributed by atoms with van der Waals surface area (Å²) in [5.74, 6) is 4.20. The third-order valence-electron chi connectivity index (χ3n) is 5.14. The molecule has 0 spiro atoms. The lowest BCUT2D eigenvalue weighted by atomic mass is 10.0. The van der Waals surface area contributed by atoms with Crippen molar-refractivity contribution in [3.63, 3.8) is 0 Å². The average Bonchev–Trinajstić information content (AvgIpc) is 2.93. The first-order valence-corrected chi connectivity index (χ1v) is 11.4. The van der Waals surface area contributed by atoms with Crippen molar-refractivity contribution in [1.82, 2.24) is 9.78 Å². The molecule has 1 aromatic carbocycles. The van der Waals surface area contributed by atoms with Gasteiger partial charge in [-0.3, -0.25) is 19.4 Å². The van der Waals surface area contributed by atoms with Crippen LogP contribution in [-0.4, -0.2) is 47.2 Å². The number of carbonyl (C=O) groups excluding carboxylic acids is 1. The molecule has 0 radical (unpaired) electrons. The van der Waals surface area contributed by atoms with Gasteiger partial charge in [0.15, 0.2) is 0 Å². The summed E-state index contributed by atoms with van der Waals surface area (Å²) in [5, 5.41) is 5.65. The van der Waals surface area contributed by atoms with Gasteiger partial charge in [0, 0.05) is 11.6 Å². The van der Waals surface area contributed by atoms with Gasteiger partial charge in [0.2, 0.25) is 5.91 Å². The van der Waals surface area contributed by atoms with Gasteiger partial charge in [-0.25, -0.2) is 0 Å². The van der Waals surface area contributed by atoms with Crippen molar-refractivity contribution in [2.75, 3.05) is 36.8 Å². The van der Waals surface area contributed by atoms with Gasteiger partial charge in [0.25, 0.3) is 5.56 Å². The molecule has 0 saturated carbocycles. The van der Waals surface area contributed by atoms with Crippen LogP contribution in [0.2, 0.25) is 0 Å². The minimum Gasteiger partial charge on any atom is -0.497 e. The van der Waals surface area contributed by atoms with Crippen molar-refractivity contribution < 1.29 is 14.3 Å². The number of carbonyl (C=O) groups is 1. The summed E-state index contributed by atoms with van der Waals surface area (Å²) in [6.07, 6.45) is 1.95. The molecule has 1 saturated heterocycles. The molecule has 0 aliphatic carbocycles. The van der Waals surface area contributed by atoms with Gasteiger partial charge in [-0.05, 0) is 30.4 Å². The van der Waals surface area contributed by atoms with Crippen LogP contribution in [0, 0.1) is 0 Å². The van der Waals surface area contributed by atoms with Crippen molar-refractivity contribution >= 4 is 35.2 Å². The molecule has 0 unspecified atom stereocenters. The molecule has 4 rings (SSSR count). The standard InChI is InChI=1S/C19H23N3O4S2/c1-25-12-3-4-13(14(9-12)26-2)17-16-18(20-15(23)10-28-17)22(21-19(16)24)11-5-7-27-8-6-11/h3-4,9,11,17H,5-8,10H2,1-2H3,(H,20,23)(H,21,24)/t17-/m0/s1. The summed E-state index contributed by atoms with van der Waals surface area (Å²) in [7, 11) is 3.20. The second kappa shape index (κ2) is 8.16. The predicted molar refractivity (Wildman–Crippen MR) is 113 cm³/mol. The molecule has 3 heterocycles. The van der Waals surface area contributed by atoms with E-state index in [9.17, 15) is 9.59 Å². The van der Waals surface area contributed by atoms with Crippen molar-refractivity contribution in [3.05, 3.63) is 39.7 Å². The molecule has 2 aromatic rings. The summed E-state index contributed by atoms with van der Waals surface area (Å²) in [6.45, 7) is 0. The zero-order chi connectivity index (χ0) is 19.7. The lowest BCUT2D eigenvalue weighted by Gasteiger charge is -2.24. The van der Waals surface area contributed by atoms with E-state index in [0.29, 0.717) is 22.9 Å². The van der Waals surface area contributed by atoms with Gasteiger partial charge < -0.3 is 14.8 Å². The molecule has 150 valence electrons. The largest absolute Gasteiger partial charge is 0.497 e. The van der Waals surface area contributed by atoms with E-state index in [0.717, 1.165) is 29.9 Å². The number of aromatic amines is 1. The van der Waals surface area contributed by atoms with Gasteiger partial charge in [0.1, 0.15) is 17.3 Å².